The first kappa shape index (κ1) is 13.4. The van der Waals surface area contributed by atoms with Gasteiger partial charge < -0.3 is 19.7 Å². The number of aromatic amines is 1. The van der Waals surface area contributed by atoms with Crippen LogP contribution in [0.25, 0.3) is 0 Å². The Kier molecular flexibility index (Phi) is 3.93. The molecule has 0 unspecified atom stereocenters. The van der Waals surface area contributed by atoms with E-state index in [1.54, 1.807) is 0 Å². The van der Waals surface area contributed by atoms with Crippen molar-refractivity contribution in [2.24, 2.45) is 0 Å². The van der Waals surface area contributed by atoms with E-state index < -0.39 is 24.5 Å². The molecule has 0 aliphatic carbocycles. The van der Waals surface area contributed by atoms with Crippen molar-refractivity contribution in [2.45, 2.75) is 24.5 Å². The number of H-pyrrole nitrogens is 1. The fourth-order valence-corrected chi connectivity index (χ4v) is 2.24. The summed E-state index contributed by atoms with van der Waals surface area (Å²) in [6, 6.07) is 1.30. The number of aliphatic hydroxyl groups excluding tert-OH is 2. The van der Waals surface area contributed by atoms with Crippen molar-refractivity contribution in [1.29, 1.82) is 0 Å². The van der Waals surface area contributed by atoms with Crippen LogP contribution in [0.3, 0.4) is 0 Å². The van der Waals surface area contributed by atoms with Crippen LogP contribution in [0.15, 0.2) is 17.1 Å². The van der Waals surface area contributed by atoms with E-state index in [1.807, 2.05) is 0 Å². The number of methoxy groups -OCH3 is 1. The van der Waals surface area contributed by atoms with Gasteiger partial charge in [-0.05, 0) is 12.2 Å². The third kappa shape index (κ3) is 2.25. The van der Waals surface area contributed by atoms with Gasteiger partial charge >= 0.3 is 0 Å². The van der Waals surface area contributed by atoms with Crippen LogP contribution in [0, 0.1) is 4.77 Å². The van der Waals surface area contributed by atoms with Crippen LogP contribution in [0.4, 0.5) is 0 Å². The third-order valence-corrected chi connectivity index (χ3v) is 3.20. The molecule has 18 heavy (non-hydrogen) atoms. The quantitative estimate of drug-likeness (QED) is 0.623. The van der Waals surface area contributed by atoms with Gasteiger partial charge in [0.2, 0.25) is 0 Å². The predicted molar refractivity (Wildman–Crippen MR) is 63.7 cm³/mol. The summed E-state index contributed by atoms with van der Waals surface area (Å²) in [6.07, 6.45) is -1.59. The summed E-state index contributed by atoms with van der Waals surface area (Å²) < 4.78 is 12.3. The number of nitrogens with zero attached hydrogens (tertiary/aromatic N) is 1. The first-order valence-electron chi connectivity index (χ1n) is 5.37. The summed E-state index contributed by atoms with van der Waals surface area (Å²) in [5.74, 6) is 0. The number of aromatic nitrogens is 2. The normalized spacial score (nSPS) is 31.7. The lowest BCUT2D eigenvalue weighted by molar-refractivity contribution is -0.0616. The minimum Gasteiger partial charge on any atom is -0.394 e. The summed E-state index contributed by atoms with van der Waals surface area (Å²) in [5, 5.41) is 19.0. The Balaban J connectivity index is 2.38. The fourth-order valence-electron chi connectivity index (χ4n) is 1.98. The Hall–Kier alpha value is -1.06. The molecule has 1 aromatic rings. The summed E-state index contributed by atoms with van der Waals surface area (Å²) in [5.41, 5.74) is -0.317. The lowest BCUT2D eigenvalue weighted by atomic mass is 10.1. The Bertz CT molecular complexity index is 527. The van der Waals surface area contributed by atoms with Crippen LogP contribution in [0.1, 0.15) is 6.23 Å². The lowest BCUT2D eigenvalue weighted by Crippen LogP contribution is -2.35. The van der Waals surface area contributed by atoms with Crippen LogP contribution >= 0.6 is 12.2 Å². The average molecular weight is 274 g/mol. The molecule has 2 rings (SSSR count). The maximum absolute atomic E-state index is 11.1. The molecule has 1 aliphatic rings. The number of hydrogen-bond donors (Lipinski definition) is 3. The lowest BCUT2D eigenvalue weighted by Gasteiger charge is -2.20. The van der Waals surface area contributed by atoms with Gasteiger partial charge in [0.25, 0.3) is 5.56 Å². The molecule has 0 spiro atoms. The van der Waals surface area contributed by atoms with Crippen LogP contribution in [0.2, 0.25) is 0 Å². The van der Waals surface area contributed by atoms with Gasteiger partial charge in [0.15, 0.2) is 11.0 Å². The maximum atomic E-state index is 11.1. The molecule has 100 valence electrons. The zero-order chi connectivity index (χ0) is 13.3. The Morgan fingerprint density at radius 1 is 1.67 bits per heavy atom. The molecule has 1 aromatic heterocycles. The number of hydrogen-bond acceptors (Lipinski definition) is 6. The molecule has 1 aliphatic heterocycles. The first-order chi connectivity index (χ1) is 8.58. The highest BCUT2D eigenvalue weighted by atomic mass is 32.1. The van der Waals surface area contributed by atoms with Gasteiger partial charge in [0.1, 0.15) is 18.3 Å². The molecule has 2 heterocycles. The minimum absolute atomic E-state index is 0.167. The Morgan fingerprint density at radius 2 is 2.39 bits per heavy atom. The summed E-state index contributed by atoms with van der Waals surface area (Å²) in [4.78, 5) is 13.5. The van der Waals surface area contributed by atoms with Crippen molar-refractivity contribution < 1.29 is 19.7 Å². The molecule has 0 saturated carbocycles. The molecule has 4 atom stereocenters. The van der Waals surface area contributed by atoms with E-state index in [4.69, 9.17) is 26.8 Å². The van der Waals surface area contributed by atoms with Crippen molar-refractivity contribution in [3.63, 3.8) is 0 Å². The monoisotopic (exact) mass is 274 g/mol. The molecule has 0 amide bonds. The molecule has 1 saturated heterocycles. The Labute approximate surface area is 108 Å². The van der Waals surface area contributed by atoms with Crippen molar-refractivity contribution in [1.82, 2.24) is 9.55 Å². The van der Waals surface area contributed by atoms with E-state index in [-0.39, 0.29) is 16.9 Å². The Morgan fingerprint density at radius 3 is 2.94 bits per heavy atom. The summed E-state index contributed by atoms with van der Waals surface area (Å²) in [6.45, 7) is -0.325. The fraction of sp³-hybridized carbons (Fsp3) is 0.600. The van der Waals surface area contributed by atoms with Gasteiger partial charge in [-0.3, -0.25) is 14.3 Å². The molecular weight excluding hydrogens is 260 g/mol. The van der Waals surface area contributed by atoms with Crippen LogP contribution in [-0.4, -0.2) is 51.8 Å². The third-order valence-electron chi connectivity index (χ3n) is 2.89. The minimum atomic E-state index is -0.959. The van der Waals surface area contributed by atoms with Crippen molar-refractivity contribution in [2.75, 3.05) is 13.7 Å². The van der Waals surface area contributed by atoms with Gasteiger partial charge in [-0.25, -0.2) is 0 Å². The second kappa shape index (κ2) is 5.29. The molecule has 0 radical (unpaired) electrons. The maximum Gasteiger partial charge on any atom is 0.251 e. The molecule has 3 N–H and O–H groups in total. The van der Waals surface area contributed by atoms with Crippen LogP contribution in [-0.2, 0) is 9.47 Å². The summed E-state index contributed by atoms with van der Waals surface area (Å²) >= 11 is 5.02. The van der Waals surface area contributed by atoms with Crippen LogP contribution in [0.5, 0.6) is 0 Å². The van der Waals surface area contributed by atoms with Gasteiger partial charge in [-0.2, -0.15) is 0 Å². The van der Waals surface area contributed by atoms with Crippen LogP contribution < -0.4 is 5.56 Å². The number of rotatable bonds is 3. The molecule has 0 bridgehead atoms. The van der Waals surface area contributed by atoms with E-state index in [1.165, 1.54) is 23.9 Å². The van der Waals surface area contributed by atoms with E-state index in [9.17, 15) is 9.90 Å². The average Bonchev–Trinajstić information content (AvgIpc) is 2.65. The summed E-state index contributed by atoms with van der Waals surface area (Å²) in [7, 11) is 1.43. The topological polar surface area (TPSA) is 96.7 Å². The molecule has 8 heteroatoms. The van der Waals surface area contributed by atoms with E-state index in [0.717, 1.165) is 0 Å². The van der Waals surface area contributed by atoms with Crippen molar-refractivity contribution >= 4 is 12.2 Å². The largest absolute Gasteiger partial charge is 0.394 e. The van der Waals surface area contributed by atoms with Gasteiger partial charge in [0.05, 0.1) is 6.61 Å². The highest BCUT2D eigenvalue weighted by molar-refractivity contribution is 7.71. The number of aliphatic hydroxyl groups is 2. The second-order valence-electron chi connectivity index (χ2n) is 3.96. The SMILES string of the molecule is CO[C@@H]1[C@@H](O)[C@@H](CO)O[C@H]1n1ccc(=O)[nH]c1=S. The van der Waals surface area contributed by atoms with Gasteiger partial charge in [-0.15, -0.1) is 0 Å². The molecule has 1 fully saturated rings. The smallest absolute Gasteiger partial charge is 0.251 e. The first-order valence-corrected chi connectivity index (χ1v) is 5.78. The second-order valence-corrected chi connectivity index (χ2v) is 4.34. The van der Waals surface area contributed by atoms with Gasteiger partial charge in [-0.1, -0.05) is 0 Å². The standard InChI is InChI=1S/C10H14N2O5S/c1-16-8-7(15)5(4-13)17-9(8)12-3-2-6(14)11-10(12)18/h2-3,5,7-9,13,15H,4H2,1H3,(H,11,14,18)/t5-,7+,8-,9-/m1/s1. The molecule has 7 nitrogen and oxygen atoms in total. The number of nitrogens with one attached hydrogen (secondary N) is 1. The van der Waals surface area contributed by atoms with Crippen molar-refractivity contribution in [3.05, 3.63) is 27.4 Å². The predicted octanol–water partition coefficient (Wildman–Crippen LogP) is -0.829. The van der Waals surface area contributed by atoms with E-state index >= 15 is 0 Å². The number of ether oxygens (including phenoxy) is 2. The van der Waals surface area contributed by atoms with Crippen molar-refractivity contribution in [3.8, 4) is 0 Å². The highest BCUT2D eigenvalue weighted by Crippen LogP contribution is 2.30. The zero-order valence-electron chi connectivity index (χ0n) is 9.65. The zero-order valence-corrected chi connectivity index (χ0v) is 10.5. The van der Waals surface area contributed by atoms with Gasteiger partial charge in [0, 0.05) is 19.4 Å². The van der Waals surface area contributed by atoms with E-state index in [2.05, 4.69) is 4.98 Å². The van der Waals surface area contributed by atoms with E-state index in [0.29, 0.717) is 0 Å². The molecule has 0 aromatic carbocycles. The molecular formula is C10H14N2O5S. The highest BCUT2D eigenvalue weighted by Gasteiger charge is 2.44.